The molecule has 0 amide bonds. The predicted octanol–water partition coefficient (Wildman–Crippen LogP) is 5.54. The second-order valence-electron chi connectivity index (χ2n) is 13.2. The predicted molar refractivity (Wildman–Crippen MR) is 187 cm³/mol. The Kier molecular flexibility index (Phi) is 9.28. The van der Waals surface area contributed by atoms with Gasteiger partial charge in [0.05, 0.1) is 33.5 Å². The number of fused-ring (bicyclic) bond motifs is 2. The number of aromatic nitrogens is 3. The van der Waals surface area contributed by atoms with Crippen molar-refractivity contribution in [3.8, 4) is 21.8 Å². The lowest BCUT2D eigenvalue weighted by Gasteiger charge is -2.41. The van der Waals surface area contributed by atoms with Crippen molar-refractivity contribution in [3.63, 3.8) is 0 Å². The molecule has 2 N–H and O–H groups in total. The van der Waals surface area contributed by atoms with E-state index >= 15 is 4.39 Å². The molecule has 5 heterocycles. The number of halogens is 3. The summed E-state index contributed by atoms with van der Waals surface area (Å²) in [6, 6.07) is 9.16. The molecule has 0 saturated carbocycles. The van der Waals surface area contributed by atoms with Gasteiger partial charge >= 0.3 is 0 Å². The van der Waals surface area contributed by atoms with Crippen LogP contribution in [0.25, 0.3) is 21.8 Å². The van der Waals surface area contributed by atoms with Gasteiger partial charge < -0.3 is 15.1 Å². The maximum atomic E-state index is 16.4. The molecule has 266 valence electrons. The summed E-state index contributed by atoms with van der Waals surface area (Å²) in [6.07, 6.45) is 6.29. The zero-order chi connectivity index (χ0) is 35.4. The number of nitrogens with one attached hydrogen (secondary N) is 2. The number of sulfonamides is 1. The van der Waals surface area contributed by atoms with E-state index in [1.54, 1.807) is 12.3 Å². The first-order valence-corrected chi connectivity index (χ1v) is 20.4. The summed E-state index contributed by atoms with van der Waals surface area (Å²) in [7, 11) is -3.76. The van der Waals surface area contributed by atoms with Crippen LogP contribution in [0.5, 0.6) is 0 Å². The molecule has 2 bridgehead atoms. The van der Waals surface area contributed by atoms with Crippen LogP contribution in [0.15, 0.2) is 53.6 Å². The number of piperidine rings is 1. The number of rotatable bonds is 9. The summed E-state index contributed by atoms with van der Waals surface area (Å²) in [5.41, 5.74) is 0.134. The number of thiazole rings is 1. The molecule has 3 fully saturated rings. The van der Waals surface area contributed by atoms with Crippen molar-refractivity contribution in [1.29, 1.82) is 0 Å². The average molecular weight is 748 g/mol. The Morgan fingerprint density at radius 2 is 1.58 bits per heavy atom. The molecule has 7 rings (SSSR count). The number of hydrogen-bond acceptors (Lipinski definition) is 11. The number of hydrogen-bond donors (Lipinski definition) is 2. The van der Waals surface area contributed by atoms with Gasteiger partial charge in [-0.3, -0.25) is 4.72 Å². The van der Waals surface area contributed by atoms with Gasteiger partial charge in [0.15, 0.2) is 15.8 Å². The van der Waals surface area contributed by atoms with Crippen LogP contribution in [0, 0.1) is 17.5 Å². The highest BCUT2D eigenvalue weighted by Crippen LogP contribution is 2.47. The van der Waals surface area contributed by atoms with E-state index in [9.17, 15) is 25.6 Å². The molecule has 4 aromatic rings. The number of sulfone groups is 1. The maximum absolute atomic E-state index is 16.4. The Morgan fingerprint density at radius 3 is 2.24 bits per heavy atom. The highest BCUT2D eigenvalue weighted by atomic mass is 32.2. The largest absolute Gasteiger partial charge is 0.351 e. The summed E-state index contributed by atoms with van der Waals surface area (Å²) in [5.74, 6) is -3.16. The molecular formula is C33H36F3N7O4S3. The third kappa shape index (κ3) is 6.79. The standard InChI is InChI=1S/C33H36F3N7O4S3/c1-42(2)22-17-20-9-10-21(18-22)43(20)33-40-29(30(48-33)27-11-14-37-32(39-27)38-19-12-15-49(44,45)16-13-19)23-5-3-8-26(28(23)36)41-50(46,47)31-24(34)6-4-7-25(31)35/h3-8,11,14,19-22,41H,9-10,12-13,15-18H2,1-2H3,(H,37,38,39). The molecular weight excluding hydrogens is 712 g/mol. The van der Waals surface area contributed by atoms with Crippen LogP contribution in [0.2, 0.25) is 0 Å². The Balaban J connectivity index is 1.28. The molecule has 3 aliphatic heterocycles. The fourth-order valence-corrected chi connectivity index (χ4v) is 11.0. The lowest BCUT2D eigenvalue weighted by molar-refractivity contribution is 0.222. The van der Waals surface area contributed by atoms with Gasteiger partial charge in [-0.15, -0.1) is 0 Å². The minimum absolute atomic E-state index is 0.0298. The van der Waals surface area contributed by atoms with Crippen molar-refractivity contribution in [2.24, 2.45) is 0 Å². The summed E-state index contributed by atoms with van der Waals surface area (Å²) in [6.45, 7) is 0. The van der Waals surface area contributed by atoms with Gasteiger partial charge in [0.25, 0.3) is 10.0 Å². The first-order chi connectivity index (χ1) is 23.8. The van der Waals surface area contributed by atoms with Crippen molar-refractivity contribution in [1.82, 2.24) is 19.9 Å². The van der Waals surface area contributed by atoms with Crippen LogP contribution in [0.1, 0.15) is 38.5 Å². The Morgan fingerprint density at radius 1 is 0.920 bits per heavy atom. The molecule has 2 aromatic carbocycles. The van der Waals surface area contributed by atoms with Crippen LogP contribution >= 0.6 is 11.3 Å². The van der Waals surface area contributed by atoms with E-state index in [-0.39, 0.29) is 46.8 Å². The average Bonchev–Trinajstić information content (AvgIpc) is 3.60. The van der Waals surface area contributed by atoms with Crippen molar-refractivity contribution in [2.75, 3.05) is 40.5 Å². The van der Waals surface area contributed by atoms with Gasteiger partial charge in [0, 0.05) is 35.9 Å². The van der Waals surface area contributed by atoms with Crippen LogP contribution in [0.4, 0.5) is 29.9 Å². The zero-order valence-corrected chi connectivity index (χ0v) is 29.8. The van der Waals surface area contributed by atoms with Crippen molar-refractivity contribution < 1.29 is 30.0 Å². The summed E-state index contributed by atoms with van der Waals surface area (Å²) < 4.78 is 97.5. The molecule has 2 atom stereocenters. The minimum atomic E-state index is -4.85. The van der Waals surface area contributed by atoms with Crippen LogP contribution in [-0.4, -0.2) is 86.5 Å². The van der Waals surface area contributed by atoms with Crippen LogP contribution < -0.4 is 14.9 Å². The fraction of sp³-hybridized carbons (Fsp3) is 0.424. The highest BCUT2D eigenvalue weighted by Gasteiger charge is 2.43. The molecule has 17 heteroatoms. The van der Waals surface area contributed by atoms with Crippen molar-refractivity contribution in [2.45, 2.75) is 67.6 Å². The molecule has 2 unspecified atom stereocenters. The van der Waals surface area contributed by atoms with Gasteiger partial charge in [-0.1, -0.05) is 23.5 Å². The quantitative estimate of drug-likeness (QED) is 0.225. The van der Waals surface area contributed by atoms with Gasteiger partial charge in [-0.25, -0.2) is 45.0 Å². The SMILES string of the molecule is CN(C)C1CC2CCC(C1)N2c1nc(-c2cccc(NS(=O)(=O)c3c(F)cccc3F)c2F)c(-c2ccnc(NC3CCS(=O)(=O)CC3)n2)s1. The molecule has 50 heavy (non-hydrogen) atoms. The molecule has 2 aromatic heterocycles. The van der Waals surface area contributed by atoms with E-state index in [4.69, 9.17) is 9.97 Å². The third-order valence-electron chi connectivity index (χ3n) is 9.74. The summed E-state index contributed by atoms with van der Waals surface area (Å²) in [5, 5.41) is 3.92. The molecule has 0 spiro atoms. The molecule has 0 aliphatic carbocycles. The monoisotopic (exact) mass is 747 g/mol. The van der Waals surface area contributed by atoms with E-state index in [0.717, 1.165) is 43.9 Å². The normalized spacial score (nSPS) is 22.2. The van der Waals surface area contributed by atoms with Gasteiger partial charge in [0.2, 0.25) is 5.95 Å². The first-order valence-electron chi connectivity index (χ1n) is 16.3. The lowest BCUT2D eigenvalue weighted by atomic mass is 9.97. The Bertz CT molecular complexity index is 2100. The topological polar surface area (TPSA) is 137 Å². The highest BCUT2D eigenvalue weighted by molar-refractivity contribution is 7.92. The molecule has 3 aliphatic rings. The van der Waals surface area contributed by atoms with Crippen molar-refractivity contribution in [3.05, 3.63) is 66.1 Å². The van der Waals surface area contributed by atoms with Crippen LogP contribution in [-0.2, 0) is 19.9 Å². The Labute approximate surface area is 292 Å². The van der Waals surface area contributed by atoms with E-state index < -0.39 is 47.9 Å². The number of nitrogens with zero attached hydrogens (tertiary/aromatic N) is 5. The van der Waals surface area contributed by atoms with E-state index in [0.29, 0.717) is 34.6 Å². The van der Waals surface area contributed by atoms with Crippen LogP contribution in [0.3, 0.4) is 0 Å². The lowest BCUT2D eigenvalue weighted by Crippen LogP contribution is -2.48. The Hall–Kier alpha value is -3.80. The van der Waals surface area contributed by atoms with Gasteiger partial charge in [-0.2, -0.15) is 0 Å². The molecule has 11 nitrogen and oxygen atoms in total. The van der Waals surface area contributed by atoms with Crippen molar-refractivity contribution >= 4 is 48.0 Å². The molecule has 0 radical (unpaired) electrons. The third-order valence-corrected chi connectivity index (χ3v) is 14.0. The van der Waals surface area contributed by atoms with E-state index in [1.807, 2.05) is 4.72 Å². The smallest absolute Gasteiger partial charge is 0.267 e. The minimum Gasteiger partial charge on any atom is -0.351 e. The number of benzene rings is 2. The zero-order valence-electron chi connectivity index (χ0n) is 27.3. The van der Waals surface area contributed by atoms with Gasteiger partial charge in [-0.05, 0) is 83.0 Å². The second kappa shape index (κ2) is 13.4. The second-order valence-corrected chi connectivity index (χ2v) is 18.1. The van der Waals surface area contributed by atoms with Gasteiger partial charge in [0.1, 0.15) is 21.5 Å². The van der Waals surface area contributed by atoms with E-state index in [1.165, 1.54) is 29.5 Å². The summed E-state index contributed by atoms with van der Waals surface area (Å²) in [4.78, 5) is 17.9. The van der Waals surface area contributed by atoms with E-state index in [2.05, 4.69) is 34.2 Å². The number of anilines is 3. The first kappa shape index (κ1) is 34.6. The molecule has 3 saturated heterocycles. The summed E-state index contributed by atoms with van der Waals surface area (Å²) >= 11 is 1.35. The fourth-order valence-electron chi connectivity index (χ4n) is 7.16. The maximum Gasteiger partial charge on any atom is 0.267 e.